The maximum Gasteiger partial charge on any atom is 0.407 e. The summed E-state index contributed by atoms with van der Waals surface area (Å²) in [5.74, 6) is -0.826. The highest BCUT2D eigenvalue weighted by atomic mass is 32.2. The van der Waals surface area contributed by atoms with Gasteiger partial charge in [0.15, 0.2) is 9.84 Å². The summed E-state index contributed by atoms with van der Waals surface area (Å²) in [7, 11) is -3.29. The zero-order valence-corrected chi connectivity index (χ0v) is 21.1. The van der Waals surface area contributed by atoms with Crippen LogP contribution >= 0.6 is 0 Å². The number of carbonyl (C=O) groups is 1. The minimum atomic E-state index is -4.80. The van der Waals surface area contributed by atoms with E-state index in [0.29, 0.717) is 36.0 Å². The molecule has 198 valence electrons. The summed E-state index contributed by atoms with van der Waals surface area (Å²) in [6, 6.07) is 8.53. The number of amides is 1. The first-order valence-electron chi connectivity index (χ1n) is 11.8. The molecule has 2 N–H and O–H groups in total. The van der Waals surface area contributed by atoms with Crippen LogP contribution in [0.2, 0.25) is 0 Å². The molecule has 0 aromatic heterocycles. The second-order valence-electron chi connectivity index (χ2n) is 10.3. The summed E-state index contributed by atoms with van der Waals surface area (Å²) in [5.41, 5.74) is -1.29. The number of rotatable bonds is 8. The Balaban J connectivity index is 1.59. The highest BCUT2D eigenvalue weighted by Gasteiger charge is 2.48. The van der Waals surface area contributed by atoms with Crippen LogP contribution in [0.4, 0.5) is 17.6 Å². The van der Waals surface area contributed by atoms with E-state index in [9.17, 15) is 36.0 Å². The van der Waals surface area contributed by atoms with E-state index in [-0.39, 0.29) is 16.2 Å². The molecule has 1 aliphatic carbocycles. The van der Waals surface area contributed by atoms with Crippen molar-refractivity contribution in [3.8, 4) is 17.2 Å². The number of sulfone groups is 1. The molecule has 1 aliphatic heterocycles. The van der Waals surface area contributed by atoms with Gasteiger partial charge in [-0.05, 0) is 67.5 Å². The van der Waals surface area contributed by atoms with Crippen molar-refractivity contribution < 1.29 is 30.8 Å². The lowest BCUT2D eigenvalue weighted by atomic mass is 9.96. The Labute approximate surface area is 213 Å². The number of halogens is 4. The Morgan fingerprint density at radius 1 is 1.08 bits per heavy atom. The number of nitriles is 1. The largest absolute Gasteiger partial charge is 0.407 e. The molecule has 2 aromatic rings. The summed E-state index contributed by atoms with van der Waals surface area (Å²) >= 11 is 0. The Morgan fingerprint density at radius 2 is 1.70 bits per heavy atom. The topological polar surface area (TPSA) is 99.1 Å². The van der Waals surface area contributed by atoms with Crippen LogP contribution < -0.4 is 10.6 Å². The van der Waals surface area contributed by atoms with E-state index in [4.69, 9.17) is 0 Å². The quantitative estimate of drug-likeness (QED) is 0.482. The fraction of sp³-hybridized carbons (Fsp3) is 0.462. The standard InChI is InChI=1S/C26H27F4N3O3S/c1-24(2,27)14-20(23(34)33-25(15-31)10-11-25)32-22(26(28,29)30)17-5-3-16(4-6-17)18-7-8-21-19(13-18)9-12-37(21,35)36/h3-8,13,20,22,32H,9-12,14H2,1-2H3,(H,33,34)/t20-,22-/m0/s1. The number of fused-ring (bicyclic) bond motifs is 1. The maximum absolute atomic E-state index is 14.5. The molecule has 1 saturated carbocycles. The third-order valence-electron chi connectivity index (χ3n) is 6.64. The van der Waals surface area contributed by atoms with Gasteiger partial charge < -0.3 is 5.32 Å². The Bertz CT molecular complexity index is 1340. The van der Waals surface area contributed by atoms with Gasteiger partial charge in [0.05, 0.1) is 22.8 Å². The molecule has 1 amide bonds. The number of hydrogen-bond acceptors (Lipinski definition) is 5. The number of nitrogens with zero attached hydrogens (tertiary/aromatic N) is 1. The van der Waals surface area contributed by atoms with Crippen molar-refractivity contribution in [3.05, 3.63) is 53.6 Å². The van der Waals surface area contributed by atoms with Crippen molar-refractivity contribution in [3.63, 3.8) is 0 Å². The van der Waals surface area contributed by atoms with Crippen LogP contribution in [-0.4, -0.2) is 43.5 Å². The molecule has 0 saturated heterocycles. The third kappa shape index (κ3) is 6.13. The monoisotopic (exact) mass is 537 g/mol. The highest BCUT2D eigenvalue weighted by Crippen LogP contribution is 2.37. The second kappa shape index (κ2) is 9.40. The van der Waals surface area contributed by atoms with Crippen LogP contribution in [0.25, 0.3) is 11.1 Å². The molecular formula is C26H27F4N3O3S. The molecule has 2 aromatic carbocycles. The van der Waals surface area contributed by atoms with Crippen molar-refractivity contribution in [1.82, 2.24) is 10.6 Å². The van der Waals surface area contributed by atoms with Crippen LogP contribution in [0.3, 0.4) is 0 Å². The summed E-state index contributed by atoms with van der Waals surface area (Å²) in [5, 5.41) is 14.0. The molecule has 1 fully saturated rings. The zero-order valence-electron chi connectivity index (χ0n) is 20.3. The molecule has 4 rings (SSSR count). The van der Waals surface area contributed by atoms with E-state index in [1.54, 1.807) is 12.1 Å². The minimum Gasteiger partial charge on any atom is -0.336 e. The first-order chi connectivity index (χ1) is 17.1. The summed E-state index contributed by atoms with van der Waals surface area (Å²) < 4.78 is 80.9. The normalized spacial score (nSPS) is 19.4. The smallest absolute Gasteiger partial charge is 0.336 e. The molecule has 0 radical (unpaired) electrons. The average molecular weight is 538 g/mol. The van der Waals surface area contributed by atoms with Crippen molar-refractivity contribution in [2.45, 2.75) is 73.9 Å². The van der Waals surface area contributed by atoms with E-state index in [1.807, 2.05) is 6.07 Å². The van der Waals surface area contributed by atoms with E-state index < -0.39 is 51.6 Å². The van der Waals surface area contributed by atoms with Gasteiger partial charge in [0.25, 0.3) is 0 Å². The molecule has 0 unspecified atom stereocenters. The first-order valence-corrected chi connectivity index (χ1v) is 13.5. The molecule has 11 heteroatoms. The van der Waals surface area contributed by atoms with Gasteiger partial charge in [-0.25, -0.2) is 12.8 Å². The summed E-state index contributed by atoms with van der Waals surface area (Å²) in [4.78, 5) is 13.1. The van der Waals surface area contributed by atoms with Crippen LogP contribution in [0.1, 0.15) is 50.3 Å². The van der Waals surface area contributed by atoms with Crippen LogP contribution in [0.15, 0.2) is 47.4 Å². The summed E-state index contributed by atoms with van der Waals surface area (Å²) in [6.07, 6.45) is -4.16. The van der Waals surface area contributed by atoms with Crippen molar-refractivity contribution in [2.24, 2.45) is 0 Å². The average Bonchev–Trinajstić information content (AvgIpc) is 3.51. The second-order valence-corrected chi connectivity index (χ2v) is 12.4. The van der Waals surface area contributed by atoms with Crippen molar-refractivity contribution >= 4 is 15.7 Å². The Hall–Kier alpha value is -2.97. The van der Waals surface area contributed by atoms with Crippen molar-refractivity contribution in [2.75, 3.05) is 5.75 Å². The Kier molecular flexibility index (Phi) is 6.88. The lowest BCUT2D eigenvalue weighted by Crippen LogP contribution is -2.53. The molecule has 0 spiro atoms. The van der Waals surface area contributed by atoms with Gasteiger partial charge in [0.1, 0.15) is 17.2 Å². The molecule has 2 atom stereocenters. The fourth-order valence-electron chi connectivity index (χ4n) is 4.49. The number of alkyl halides is 4. The van der Waals surface area contributed by atoms with Crippen LogP contribution in [0.5, 0.6) is 0 Å². The van der Waals surface area contributed by atoms with Gasteiger partial charge in [0.2, 0.25) is 5.91 Å². The number of hydrogen-bond donors (Lipinski definition) is 2. The molecule has 6 nitrogen and oxygen atoms in total. The molecule has 37 heavy (non-hydrogen) atoms. The molecule has 0 bridgehead atoms. The number of benzene rings is 2. The van der Waals surface area contributed by atoms with E-state index in [2.05, 4.69) is 10.6 Å². The van der Waals surface area contributed by atoms with E-state index >= 15 is 0 Å². The van der Waals surface area contributed by atoms with Gasteiger partial charge in [-0.3, -0.25) is 10.1 Å². The lowest BCUT2D eigenvalue weighted by Gasteiger charge is -2.30. The van der Waals surface area contributed by atoms with E-state index in [1.165, 1.54) is 44.2 Å². The SMILES string of the molecule is CC(C)(F)C[C@H](N[C@@H](c1ccc(-c2ccc3c(c2)CCS3(=O)=O)cc1)C(F)(F)F)C(=O)NC1(C#N)CC1. The lowest BCUT2D eigenvalue weighted by molar-refractivity contribution is -0.161. The first kappa shape index (κ1) is 27.1. The Morgan fingerprint density at radius 3 is 2.24 bits per heavy atom. The van der Waals surface area contributed by atoms with E-state index in [0.717, 1.165) is 0 Å². The zero-order chi connectivity index (χ0) is 27.2. The minimum absolute atomic E-state index is 0.0313. The predicted molar refractivity (Wildman–Crippen MR) is 129 cm³/mol. The van der Waals surface area contributed by atoms with Gasteiger partial charge in [-0.1, -0.05) is 30.3 Å². The molecule has 2 aliphatic rings. The number of nitrogens with one attached hydrogen (secondary N) is 2. The van der Waals surface area contributed by atoms with Crippen LogP contribution in [-0.2, 0) is 21.1 Å². The highest BCUT2D eigenvalue weighted by molar-refractivity contribution is 7.91. The number of aryl methyl sites for hydroxylation is 1. The summed E-state index contributed by atoms with van der Waals surface area (Å²) in [6.45, 7) is 2.34. The van der Waals surface area contributed by atoms with Gasteiger partial charge in [0, 0.05) is 6.42 Å². The van der Waals surface area contributed by atoms with Crippen LogP contribution in [0, 0.1) is 11.3 Å². The maximum atomic E-state index is 14.5. The van der Waals surface area contributed by atoms with Gasteiger partial charge >= 0.3 is 6.18 Å². The fourth-order valence-corrected chi connectivity index (χ4v) is 6.03. The molecular weight excluding hydrogens is 510 g/mol. The van der Waals surface area contributed by atoms with Gasteiger partial charge in [-0.2, -0.15) is 18.4 Å². The number of carbonyl (C=O) groups excluding carboxylic acids is 1. The predicted octanol–water partition coefficient (Wildman–Crippen LogP) is 4.56. The third-order valence-corrected chi connectivity index (χ3v) is 8.45. The van der Waals surface area contributed by atoms with Crippen molar-refractivity contribution in [1.29, 1.82) is 5.26 Å². The molecule has 1 heterocycles. The van der Waals surface area contributed by atoms with Gasteiger partial charge in [-0.15, -0.1) is 0 Å².